The lowest BCUT2D eigenvalue weighted by molar-refractivity contribution is -0.0641. The molecule has 1 amide bonds. The van der Waals surface area contributed by atoms with Gasteiger partial charge in [0.15, 0.2) is 11.5 Å². The zero-order valence-electron chi connectivity index (χ0n) is 19.4. The first-order valence-electron chi connectivity index (χ1n) is 10.7. The number of nitriles is 1. The Morgan fingerprint density at radius 3 is 2.70 bits per heavy atom. The molecule has 33 heavy (non-hydrogen) atoms. The van der Waals surface area contributed by atoms with Crippen molar-refractivity contribution in [1.29, 1.82) is 5.26 Å². The van der Waals surface area contributed by atoms with Crippen LogP contribution in [0.25, 0.3) is 16.9 Å². The van der Waals surface area contributed by atoms with Crippen LogP contribution >= 0.6 is 0 Å². The van der Waals surface area contributed by atoms with Gasteiger partial charge in [-0.1, -0.05) is 0 Å². The highest BCUT2D eigenvalue weighted by molar-refractivity contribution is 5.99. The summed E-state index contributed by atoms with van der Waals surface area (Å²) in [6, 6.07) is 5.47. The first-order chi connectivity index (χ1) is 15.7. The highest BCUT2D eigenvalue weighted by Crippen LogP contribution is 2.23. The van der Waals surface area contributed by atoms with Crippen LogP contribution in [0, 0.1) is 11.3 Å². The van der Waals surface area contributed by atoms with Gasteiger partial charge in [-0.25, -0.2) is 14.4 Å². The van der Waals surface area contributed by atoms with Crippen LogP contribution in [0.5, 0.6) is 0 Å². The molecule has 1 unspecified atom stereocenters. The second-order valence-corrected chi connectivity index (χ2v) is 8.41. The molecule has 9 nitrogen and oxygen atoms in total. The van der Waals surface area contributed by atoms with Crippen molar-refractivity contribution in [2.24, 2.45) is 0 Å². The van der Waals surface area contributed by atoms with Crippen LogP contribution < -0.4 is 10.6 Å². The fourth-order valence-electron chi connectivity index (χ4n) is 3.31. The molecule has 0 saturated heterocycles. The van der Waals surface area contributed by atoms with Crippen molar-refractivity contribution in [3.63, 3.8) is 0 Å². The lowest BCUT2D eigenvalue weighted by Gasteiger charge is -2.28. The molecule has 0 fully saturated rings. The summed E-state index contributed by atoms with van der Waals surface area (Å²) >= 11 is 0. The molecule has 0 aliphatic heterocycles. The maximum atomic E-state index is 14.6. The minimum atomic E-state index is -1.38. The minimum absolute atomic E-state index is 0.0308. The van der Waals surface area contributed by atoms with E-state index in [4.69, 9.17) is 10.00 Å². The SMILES string of the molecule is CCOC(C)(C)C(F)CNC(=O)c1cnc(-n2ncc3cc(C#N)cnc32)cc1NC(C)C. The van der Waals surface area contributed by atoms with Gasteiger partial charge in [0.05, 0.1) is 35.2 Å². The van der Waals surface area contributed by atoms with Gasteiger partial charge in [0, 0.05) is 36.5 Å². The zero-order valence-corrected chi connectivity index (χ0v) is 19.4. The van der Waals surface area contributed by atoms with Crippen LogP contribution in [0.2, 0.25) is 0 Å². The Hall–Kier alpha value is -3.58. The molecule has 0 spiro atoms. The van der Waals surface area contributed by atoms with Gasteiger partial charge in [0.25, 0.3) is 5.91 Å². The van der Waals surface area contributed by atoms with E-state index in [0.717, 1.165) is 0 Å². The van der Waals surface area contributed by atoms with E-state index < -0.39 is 17.7 Å². The van der Waals surface area contributed by atoms with Crippen molar-refractivity contribution in [3.8, 4) is 11.9 Å². The Morgan fingerprint density at radius 2 is 2.03 bits per heavy atom. The first-order valence-corrected chi connectivity index (χ1v) is 10.7. The Morgan fingerprint density at radius 1 is 1.27 bits per heavy atom. The van der Waals surface area contributed by atoms with E-state index in [1.165, 1.54) is 17.1 Å². The van der Waals surface area contributed by atoms with Crippen LogP contribution in [-0.4, -0.2) is 56.6 Å². The molecule has 10 heteroatoms. The van der Waals surface area contributed by atoms with Crippen molar-refractivity contribution in [3.05, 3.63) is 41.9 Å². The number of nitrogens with zero attached hydrogens (tertiary/aromatic N) is 5. The maximum Gasteiger partial charge on any atom is 0.255 e. The molecule has 3 aromatic rings. The van der Waals surface area contributed by atoms with Crippen molar-refractivity contribution in [1.82, 2.24) is 25.1 Å². The van der Waals surface area contributed by atoms with Crippen LogP contribution in [-0.2, 0) is 4.74 Å². The average molecular weight is 454 g/mol. The molecule has 0 aliphatic carbocycles. The van der Waals surface area contributed by atoms with Crippen molar-refractivity contribution < 1.29 is 13.9 Å². The first kappa shape index (κ1) is 24.1. The molecule has 0 aromatic carbocycles. The number of amides is 1. The van der Waals surface area contributed by atoms with Gasteiger partial charge in [0.2, 0.25) is 0 Å². The van der Waals surface area contributed by atoms with E-state index in [9.17, 15) is 9.18 Å². The van der Waals surface area contributed by atoms with Crippen LogP contribution in [0.1, 0.15) is 50.5 Å². The van der Waals surface area contributed by atoms with Gasteiger partial charge < -0.3 is 15.4 Å². The molecule has 2 N–H and O–H groups in total. The number of alkyl halides is 1. The van der Waals surface area contributed by atoms with E-state index in [1.807, 2.05) is 13.8 Å². The summed E-state index contributed by atoms with van der Waals surface area (Å²) in [5.74, 6) is -0.00277. The van der Waals surface area contributed by atoms with Crippen molar-refractivity contribution in [2.75, 3.05) is 18.5 Å². The standard InChI is InChI=1S/C23H28FN7O2/c1-6-33-23(4,5)19(24)13-28-22(32)17-12-26-20(8-18(17)30-14(2)3)31-21-16(11-29-31)7-15(9-25)10-27-21/h7-8,10-12,14,19H,6,13H2,1-5H3,(H,26,30)(H,28,32). The zero-order chi connectivity index (χ0) is 24.2. The average Bonchev–Trinajstić information content (AvgIpc) is 3.19. The Kier molecular flexibility index (Phi) is 7.23. The fourth-order valence-corrected chi connectivity index (χ4v) is 3.31. The molecular formula is C23H28FN7O2. The number of nitrogens with one attached hydrogen (secondary N) is 2. The fraction of sp³-hybridized carbons (Fsp3) is 0.435. The molecular weight excluding hydrogens is 425 g/mol. The Labute approximate surface area is 192 Å². The number of fused-ring (bicyclic) bond motifs is 1. The third-order valence-electron chi connectivity index (χ3n) is 5.04. The lowest BCUT2D eigenvalue weighted by Crippen LogP contribution is -2.44. The summed E-state index contributed by atoms with van der Waals surface area (Å²) in [4.78, 5) is 21.5. The number of halogens is 1. The summed E-state index contributed by atoms with van der Waals surface area (Å²) in [7, 11) is 0. The summed E-state index contributed by atoms with van der Waals surface area (Å²) in [6.45, 7) is 9.17. The molecule has 0 saturated carbocycles. The highest BCUT2D eigenvalue weighted by Gasteiger charge is 2.30. The third-order valence-corrected chi connectivity index (χ3v) is 5.04. The predicted octanol–water partition coefficient (Wildman–Crippen LogP) is 3.39. The monoisotopic (exact) mass is 453 g/mol. The second kappa shape index (κ2) is 9.92. The number of hydrogen-bond acceptors (Lipinski definition) is 7. The third kappa shape index (κ3) is 5.43. The Balaban J connectivity index is 1.88. The molecule has 3 heterocycles. The summed E-state index contributed by atoms with van der Waals surface area (Å²) in [5, 5.41) is 20.0. The van der Waals surface area contributed by atoms with E-state index in [-0.39, 0.29) is 18.2 Å². The van der Waals surface area contributed by atoms with E-state index >= 15 is 0 Å². The van der Waals surface area contributed by atoms with Crippen LogP contribution in [0.15, 0.2) is 30.7 Å². The van der Waals surface area contributed by atoms with Crippen molar-refractivity contribution >= 4 is 22.6 Å². The number of anilines is 1. The van der Waals surface area contributed by atoms with E-state index in [1.54, 1.807) is 39.1 Å². The maximum absolute atomic E-state index is 14.6. The predicted molar refractivity (Wildman–Crippen MR) is 123 cm³/mol. The second-order valence-electron chi connectivity index (χ2n) is 8.41. The van der Waals surface area contributed by atoms with E-state index in [2.05, 4.69) is 31.8 Å². The minimum Gasteiger partial charge on any atom is -0.382 e. The van der Waals surface area contributed by atoms with Gasteiger partial charge in [0.1, 0.15) is 12.2 Å². The molecule has 3 rings (SSSR count). The van der Waals surface area contributed by atoms with Gasteiger partial charge in [-0.15, -0.1) is 0 Å². The van der Waals surface area contributed by atoms with Crippen LogP contribution in [0.4, 0.5) is 10.1 Å². The number of aromatic nitrogens is 4. The van der Waals surface area contributed by atoms with Gasteiger partial charge in [-0.05, 0) is 40.7 Å². The number of pyridine rings is 2. The number of carbonyl (C=O) groups is 1. The molecule has 0 radical (unpaired) electrons. The largest absolute Gasteiger partial charge is 0.382 e. The number of rotatable bonds is 9. The number of carbonyl (C=O) groups excluding carboxylic acids is 1. The van der Waals surface area contributed by atoms with Crippen molar-refractivity contribution in [2.45, 2.75) is 52.4 Å². The molecule has 0 bridgehead atoms. The topological polar surface area (TPSA) is 118 Å². The highest BCUT2D eigenvalue weighted by atomic mass is 19.1. The summed E-state index contributed by atoms with van der Waals surface area (Å²) in [5.41, 5.74) is 0.771. The summed E-state index contributed by atoms with van der Waals surface area (Å²) < 4.78 is 21.6. The molecule has 174 valence electrons. The Bertz CT molecular complexity index is 1180. The molecule has 3 aromatic heterocycles. The van der Waals surface area contributed by atoms with Gasteiger partial charge >= 0.3 is 0 Å². The number of hydrogen-bond donors (Lipinski definition) is 2. The quantitative estimate of drug-likeness (QED) is 0.510. The van der Waals surface area contributed by atoms with Gasteiger partial charge in [-0.3, -0.25) is 4.79 Å². The van der Waals surface area contributed by atoms with E-state index in [0.29, 0.717) is 34.7 Å². The summed E-state index contributed by atoms with van der Waals surface area (Å²) in [6.07, 6.45) is 3.11. The van der Waals surface area contributed by atoms with Crippen LogP contribution in [0.3, 0.4) is 0 Å². The molecule has 0 aliphatic rings. The molecule has 1 atom stereocenters. The number of ether oxygens (including phenoxy) is 1. The lowest BCUT2D eigenvalue weighted by atomic mass is 10.0. The van der Waals surface area contributed by atoms with Gasteiger partial charge in [-0.2, -0.15) is 15.0 Å². The smallest absolute Gasteiger partial charge is 0.255 e. The normalized spacial score (nSPS) is 12.5.